The summed E-state index contributed by atoms with van der Waals surface area (Å²) in [6.07, 6.45) is 4.88. The number of rotatable bonds is 6. The van der Waals surface area contributed by atoms with E-state index in [1.54, 1.807) is 11.6 Å². The summed E-state index contributed by atoms with van der Waals surface area (Å²) >= 11 is 0. The lowest BCUT2D eigenvalue weighted by molar-refractivity contribution is -0.186. The Kier molecular flexibility index (Phi) is 9.10. The molecule has 3 aliphatic carbocycles. The Morgan fingerprint density at radius 3 is 2.54 bits per heavy atom. The van der Waals surface area contributed by atoms with Gasteiger partial charge in [-0.05, 0) is 107 Å². The first-order valence-corrected chi connectivity index (χ1v) is 15.5. The van der Waals surface area contributed by atoms with Crippen molar-refractivity contribution in [2.45, 2.75) is 115 Å². The topological polar surface area (TPSA) is 64.0 Å². The van der Waals surface area contributed by atoms with Crippen LogP contribution in [0.1, 0.15) is 101 Å². The molecule has 3 saturated carbocycles. The maximum atomic E-state index is 13.6. The standard InChI is InChI=1S/C32H43F4N3O2/c1-19-6-12-26(38-30(40)21-4-3-5-23(14-21)32(34,35)36)16-27(19)28-15-22-18-37-25(17-29(22)39(2)31(28)41)13-9-20-7-10-24(33)11-8-20/h15,17-21,23-24,26-27H,3-14,16H2,1-2H3,(H,38,40). The molecule has 3 fully saturated rings. The second-order valence-electron chi connectivity index (χ2n) is 13.1. The fraction of sp³-hybridized carbons (Fsp3) is 0.719. The largest absolute Gasteiger partial charge is 0.391 e. The molecule has 0 radical (unpaired) electrons. The number of halogens is 4. The summed E-state index contributed by atoms with van der Waals surface area (Å²) in [5.41, 5.74) is 2.42. The van der Waals surface area contributed by atoms with Crippen LogP contribution < -0.4 is 10.9 Å². The van der Waals surface area contributed by atoms with E-state index in [1.165, 1.54) is 0 Å². The number of pyridine rings is 2. The molecular formula is C32H43F4N3O2. The van der Waals surface area contributed by atoms with Crippen LogP contribution in [0.3, 0.4) is 0 Å². The summed E-state index contributed by atoms with van der Waals surface area (Å²) in [6, 6.07) is 3.77. The lowest BCUT2D eigenvalue weighted by atomic mass is 9.74. The van der Waals surface area contributed by atoms with Crippen LogP contribution in [0.4, 0.5) is 17.6 Å². The number of hydrogen-bond acceptors (Lipinski definition) is 3. The van der Waals surface area contributed by atoms with Gasteiger partial charge in [0.05, 0.1) is 11.4 Å². The second-order valence-corrected chi connectivity index (χ2v) is 13.1. The Morgan fingerprint density at radius 2 is 1.80 bits per heavy atom. The third-order valence-corrected chi connectivity index (χ3v) is 10.2. The Balaban J connectivity index is 1.27. The quantitative estimate of drug-likeness (QED) is 0.371. The number of aryl methyl sites for hydroxylation is 2. The van der Waals surface area contributed by atoms with Gasteiger partial charge in [-0.2, -0.15) is 13.2 Å². The molecule has 1 N–H and O–H groups in total. The molecule has 5 rings (SSSR count). The van der Waals surface area contributed by atoms with E-state index in [0.29, 0.717) is 43.6 Å². The molecule has 5 unspecified atom stereocenters. The van der Waals surface area contributed by atoms with Gasteiger partial charge < -0.3 is 9.88 Å². The highest BCUT2D eigenvalue weighted by Gasteiger charge is 2.44. The monoisotopic (exact) mass is 577 g/mol. The molecule has 1 amide bonds. The molecule has 0 aliphatic heterocycles. The molecule has 2 heterocycles. The van der Waals surface area contributed by atoms with Crippen LogP contribution in [0.15, 0.2) is 23.1 Å². The highest BCUT2D eigenvalue weighted by molar-refractivity contribution is 5.80. The number of amides is 1. The number of nitrogens with one attached hydrogen (secondary N) is 1. The maximum Gasteiger partial charge on any atom is 0.391 e. The van der Waals surface area contributed by atoms with Gasteiger partial charge in [0.1, 0.15) is 6.17 Å². The van der Waals surface area contributed by atoms with Crippen molar-refractivity contribution in [3.63, 3.8) is 0 Å². The first-order valence-electron chi connectivity index (χ1n) is 15.5. The van der Waals surface area contributed by atoms with Crippen LogP contribution in [0.5, 0.6) is 0 Å². The zero-order chi connectivity index (χ0) is 29.3. The number of carbonyl (C=O) groups is 1. The van der Waals surface area contributed by atoms with Crippen LogP contribution in [0.2, 0.25) is 0 Å². The summed E-state index contributed by atoms with van der Waals surface area (Å²) in [5, 5.41) is 3.95. The third kappa shape index (κ3) is 6.96. The van der Waals surface area contributed by atoms with Crippen molar-refractivity contribution in [2.75, 3.05) is 0 Å². The highest BCUT2D eigenvalue weighted by Crippen LogP contribution is 2.41. The summed E-state index contributed by atoms with van der Waals surface area (Å²) in [5.74, 6) is -1.59. The van der Waals surface area contributed by atoms with E-state index in [2.05, 4.69) is 17.2 Å². The predicted octanol–water partition coefficient (Wildman–Crippen LogP) is 7.15. The van der Waals surface area contributed by atoms with E-state index in [9.17, 15) is 27.2 Å². The first kappa shape index (κ1) is 30.0. The van der Waals surface area contributed by atoms with E-state index in [4.69, 9.17) is 0 Å². The number of fused-ring (bicyclic) bond motifs is 1. The molecule has 0 spiro atoms. The summed E-state index contributed by atoms with van der Waals surface area (Å²) in [7, 11) is 1.79. The lowest BCUT2D eigenvalue weighted by Gasteiger charge is -2.36. The van der Waals surface area contributed by atoms with Gasteiger partial charge in [-0.15, -0.1) is 0 Å². The minimum Gasteiger partial charge on any atom is -0.353 e. The van der Waals surface area contributed by atoms with E-state index in [0.717, 1.165) is 55.1 Å². The zero-order valence-electron chi connectivity index (χ0n) is 24.2. The van der Waals surface area contributed by atoms with Crippen molar-refractivity contribution in [1.82, 2.24) is 14.9 Å². The van der Waals surface area contributed by atoms with Crippen molar-refractivity contribution in [3.05, 3.63) is 39.9 Å². The van der Waals surface area contributed by atoms with E-state index in [-0.39, 0.29) is 42.2 Å². The minimum absolute atomic E-state index is 0.0555. The summed E-state index contributed by atoms with van der Waals surface area (Å²) < 4.78 is 55.0. The van der Waals surface area contributed by atoms with Gasteiger partial charge in [0, 0.05) is 41.8 Å². The number of alkyl halides is 4. The molecule has 41 heavy (non-hydrogen) atoms. The average Bonchev–Trinajstić information content (AvgIpc) is 2.95. The molecule has 2 aromatic rings. The Bertz CT molecular complexity index is 1280. The molecule has 5 atom stereocenters. The lowest BCUT2D eigenvalue weighted by Crippen LogP contribution is -2.45. The normalized spacial score (nSPS) is 31.2. The Morgan fingerprint density at radius 1 is 1.05 bits per heavy atom. The first-order chi connectivity index (χ1) is 19.5. The molecule has 9 heteroatoms. The molecule has 0 saturated heterocycles. The summed E-state index contributed by atoms with van der Waals surface area (Å²) in [6.45, 7) is 2.12. The molecule has 2 aromatic heterocycles. The van der Waals surface area contributed by atoms with Gasteiger partial charge in [-0.1, -0.05) is 13.3 Å². The van der Waals surface area contributed by atoms with Crippen molar-refractivity contribution in [1.29, 1.82) is 0 Å². The molecular weight excluding hydrogens is 534 g/mol. The van der Waals surface area contributed by atoms with Gasteiger partial charge in [-0.25, -0.2) is 4.39 Å². The van der Waals surface area contributed by atoms with Crippen LogP contribution in [-0.2, 0) is 18.3 Å². The van der Waals surface area contributed by atoms with Crippen molar-refractivity contribution in [3.8, 4) is 0 Å². The van der Waals surface area contributed by atoms with E-state index in [1.807, 2.05) is 18.3 Å². The SMILES string of the molecule is CC1CCC(NC(=O)C2CCCC(C(F)(F)F)C2)CC1c1cc2cnc(CCC3CCC(F)CC3)cc2n(C)c1=O. The molecule has 0 bridgehead atoms. The van der Waals surface area contributed by atoms with Gasteiger partial charge >= 0.3 is 6.18 Å². The van der Waals surface area contributed by atoms with Gasteiger partial charge in [-0.3, -0.25) is 14.6 Å². The predicted molar refractivity (Wildman–Crippen MR) is 151 cm³/mol. The number of aromatic nitrogens is 2. The highest BCUT2D eigenvalue weighted by atomic mass is 19.4. The van der Waals surface area contributed by atoms with Gasteiger partial charge in [0.2, 0.25) is 5.91 Å². The van der Waals surface area contributed by atoms with Gasteiger partial charge in [0.15, 0.2) is 0 Å². The third-order valence-electron chi connectivity index (χ3n) is 10.2. The Labute approximate surface area is 239 Å². The zero-order valence-corrected chi connectivity index (χ0v) is 24.2. The number of carbonyl (C=O) groups excluding carboxylic acids is 1. The van der Waals surface area contributed by atoms with E-state index >= 15 is 0 Å². The van der Waals surface area contributed by atoms with Crippen LogP contribution in [-0.4, -0.2) is 33.8 Å². The molecule has 3 aliphatic rings. The van der Waals surface area contributed by atoms with Crippen LogP contribution in [0, 0.1) is 23.7 Å². The number of nitrogens with zero attached hydrogens (tertiary/aromatic N) is 2. The van der Waals surface area contributed by atoms with Crippen molar-refractivity contribution >= 4 is 16.8 Å². The smallest absolute Gasteiger partial charge is 0.353 e. The van der Waals surface area contributed by atoms with Crippen molar-refractivity contribution in [2.24, 2.45) is 30.7 Å². The molecule has 0 aromatic carbocycles. The average molecular weight is 578 g/mol. The Hall–Kier alpha value is -2.45. The summed E-state index contributed by atoms with van der Waals surface area (Å²) in [4.78, 5) is 31.3. The minimum atomic E-state index is -4.26. The van der Waals surface area contributed by atoms with Crippen molar-refractivity contribution < 1.29 is 22.4 Å². The maximum absolute atomic E-state index is 13.6. The van der Waals surface area contributed by atoms with Crippen LogP contribution in [0.25, 0.3) is 10.9 Å². The second kappa shape index (κ2) is 12.4. The van der Waals surface area contributed by atoms with Gasteiger partial charge in [0.25, 0.3) is 5.56 Å². The van der Waals surface area contributed by atoms with Crippen LogP contribution >= 0.6 is 0 Å². The fourth-order valence-corrected chi connectivity index (χ4v) is 7.53. The molecule has 5 nitrogen and oxygen atoms in total. The van der Waals surface area contributed by atoms with E-state index < -0.39 is 24.2 Å². The number of hydrogen-bond donors (Lipinski definition) is 1. The molecule has 226 valence electrons. The fourth-order valence-electron chi connectivity index (χ4n) is 7.53.